The molecule has 0 saturated carbocycles. The summed E-state index contributed by atoms with van der Waals surface area (Å²) in [6.45, 7) is 5.58. The summed E-state index contributed by atoms with van der Waals surface area (Å²) in [6, 6.07) is 4.42. The largest absolute Gasteiger partial charge is 0.445 e. The van der Waals surface area contributed by atoms with Crippen LogP contribution in [0.15, 0.2) is 30.9 Å². The van der Waals surface area contributed by atoms with Gasteiger partial charge in [0.25, 0.3) is 0 Å². The van der Waals surface area contributed by atoms with Gasteiger partial charge in [0.2, 0.25) is 0 Å². The highest BCUT2D eigenvalue weighted by molar-refractivity contribution is 5.91. The first-order valence-electron chi connectivity index (χ1n) is 5.49. The van der Waals surface area contributed by atoms with Gasteiger partial charge in [0.05, 0.1) is 5.69 Å². The van der Waals surface area contributed by atoms with Gasteiger partial charge in [0.1, 0.15) is 12.4 Å². The lowest BCUT2D eigenvalue weighted by Crippen LogP contribution is -2.36. The van der Waals surface area contributed by atoms with Crippen LogP contribution in [0, 0.1) is 5.82 Å². The summed E-state index contributed by atoms with van der Waals surface area (Å²) in [7, 11) is 0. The van der Waals surface area contributed by atoms with Crippen LogP contribution in [-0.4, -0.2) is 18.7 Å². The van der Waals surface area contributed by atoms with Gasteiger partial charge < -0.3 is 4.74 Å². The number of hydrogen-bond acceptors (Lipinski definition) is 2. The minimum atomic E-state index is -0.414. The minimum absolute atomic E-state index is 0.0101. The van der Waals surface area contributed by atoms with Crippen LogP contribution in [0.4, 0.5) is 14.9 Å². The molecule has 1 aliphatic rings. The summed E-state index contributed by atoms with van der Waals surface area (Å²) < 4.78 is 18.1. The van der Waals surface area contributed by atoms with Crippen LogP contribution in [-0.2, 0) is 11.2 Å². The molecule has 4 heteroatoms. The van der Waals surface area contributed by atoms with Gasteiger partial charge in [0.15, 0.2) is 0 Å². The van der Waals surface area contributed by atoms with Crippen molar-refractivity contribution in [1.29, 1.82) is 0 Å². The van der Waals surface area contributed by atoms with Crippen molar-refractivity contribution in [3.05, 3.63) is 42.2 Å². The third-order valence-electron chi connectivity index (χ3n) is 2.78. The number of carbonyl (C=O) groups excluding carboxylic acids is 1. The van der Waals surface area contributed by atoms with Crippen LogP contribution >= 0.6 is 0 Å². The Hall–Kier alpha value is -1.84. The zero-order valence-electron chi connectivity index (χ0n) is 9.65. The van der Waals surface area contributed by atoms with E-state index < -0.39 is 6.09 Å². The van der Waals surface area contributed by atoms with Gasteiger partial charge in [-0.1, -0.05) is 12.7 Å². The molecule has 1 heterocycles. The second-order valence-electron chi connectivity index (χ2n) is 4.06. The van der Waals surface area contributed by atoms with E-state index in [2.05, 4.69) is 6.58 Å². The molecule has 1 atom stereocenters. The first-order chi connectivity index (χ1) is 8.13. The Balaban J connectivity index is 2.25. The van der Waals surface area contributed by atoms with Crippen LogP contribution in [0.3, 0.4) is 0 Å². The van der Waals surface area contributed by atoms with Crippen molar-refractivity contribution in [1.82, 2.24) is 0 Å². The quantitative estimate of drug-likeness (QED) is 0.738. The van der Waals surface area contributed by atoms with E-state index in [9.17, 15) is 9.18 Å². The molecule has 0 bridgehead atoms. The minimum Gasteiger partial charge on any atom is -0.445 e. The average Bonchev–Trinajstić information content (AvgIpc) is 2.61. The molecule has 2 rings (SSSR count). The maximum atomic E-state index is 13.1. The molecule has 1 aliphatic heterocycles. The normalized spacial score (nSPS) is 17.8. The molecular formula is C13H14FNO2. The zero-order chi connectivity index (χ0) is 12.4. The van der Waals surface area contributed by atoms with Crippen LogP contribution in [0.1, 0.15) is 12.5 Å². The van der Waals surface area contributed by atoms with E-state index in [1.54, 1.807) is 11.0 Å². The Bertz CT molecular complexity index is 459. The summed E-state index contributed by atoms with van der Waals surface area (Å²) in [6.07, 6.45) is 1.75. The van der Waals surface area contributed by atoms with E-state index in [0.29, 0.717) is 6.42 Å². The Kier molecular flexibility index (Phi) is 3.13. The molecule has 0 saturated heterocycles. The highest BCUT2D eigenvalue weighted by Crippen LogP contribution is 2.32. The molecule has 17 heavy (non-hydrogen) atoms. The number of ether oxygens (including phenoxy) is 1. The summed E-state index contributed by atoms with van der Waals surface area (Å²) >= 11 is 0. The number of halogens is 1. The van der Waals surface area contributed by atoms with E-state index in [1.165, 1.54) is 18.2 Å². The van der Waals surface area contributed by atoms with Crippen molar-refractivity contribution < 1.29 is 13.9 Å². The molecule has 0 spiro atoms. The lowest BCUT2D eigenvalue weighted by molar-refractivity contribution is 0.164. The van der Waals surface area contributed by atoms with E-state index in [1.807, 2.05) is 6.92 Å². The number of benzene rings is 1. The number of nitrogens with zero attached hydrogens (tertiary/aromatic N) is 1. The molecular weight excluding hydrogens is 221 g/mol. The molecule has 0 N–H and O–H groups in total. The zero-order valence-corrected chi connectivity index (χ0v) is 9.65. The van der Waals surface area contributed by atoms with Crippen LogP contribution in [0.2, 0.25) is 0 Å². The second-order valence-corrected chi connectivity index (χ2v) is 4.06. The molecule has 1 aromatic carbocycles. The lowest BCUT2D eigenvalue weighted by Gasteiger charge is -2.21. The maximum Gasteiger partial charge on any atom is 0.414 e. The van der Waals surface area contributed by atoms with Crippen molar-refractivity contribution in [3.63, 3.8) is 0 Å². The number of fused-ring (bicyclic) bond motifs is 1. The van der Waals surface area contributed by atoms with Gasteiger partial charge in [-0.05, 0) is 37.1 Å². The van der Waals surface area contributed by atoms with E-state index in [-0.39, 0.29) is 18.5 Å². The molecule has 0 aromatic heterocycles. The highest BCUT2D eigenvalue weighted by Gasteiger charge is 2.32. The van der Waals surface area contributed by atoms with Gasteiger partial charge in [0, 0.05) is 6.04 Å². The topological polar surface area (TPSA) is 29.5 Å². The van der Waals surface area contributed by atoms with E-state index in [4.69, 9.17) is 4.74 Å². The fourth-order valence-electron chi connectivity index (χ4n) is 2.08. The SMILES string of the molecule is C=CCOC(=O)N1c2ccc(F)cc2C[C@H]1C. The molecule has 0 unspecified atom stereocenters. The van der Waals surface area contributed by atoms with Gasteiger partial charge in [-0.15, -0.1) is 0 Å². The van der Waals surface area contributed by atoms with Crippen molar-refractivity contribution in [3.8, 4) is 0 Å². The lowest BCUT2D eigenvalue weighted by atomic mass is 10.1. The smallest absolute Gasteiger partial charge is 0.414 e. The van der Waals surface area contributed by atoms with Crippen molar-refractivity contribution in [2.45, 2.75) is 19.4 Å². The number of rotatable bonds is 2. The Morgan fingerprint density at radius 2 is 2.47 bits per heavy atom. The van der Waals surface area contributed by atoms with Gasteiger partial charge >= 0.3 is 6.09 Å². The molecule has 90 valence electrons. The van der Waals surface area contributed by atoms with Gasteiger partial charge in [-0.3, -0.25) is 4.90 Å². The molecule has 3 nitrogen and oxygen atoms in total. The van der Waals surface area contributed by atoms with E-state index in [0.717, 1.165) is 11.3 Å². The van der Waals surface area contributed by atoms with Crippen LogP contribution < -0.4 is 4.90 Å². The molecule has 1 amide bonds. The Labute approximate surface area is 99.5 Å². The average molecular weight is 235 g/mol. The van der Waals surface area contributed by atoms with Crippen molar-refractivity contribution >= 4 is 11.8 Å². The molecule has 0 aliphatic carbocycles. The second kappa shape index (κ2) is 4.57. The Morgan fingerprint density at radius 3 is 3.18 bits per heavy atom. The molecule has 1 aromatic rings. The summed E-state index contributed by atoms with van der Waals surface area (Å²) in [5.74, 6) is -0.280. The number of carbonyl (C=O) groups is 1. The van der Waals surface area contributed by atoms with E-state index >= 15 is 0 Å². The summed E-state index contributed by atoms with van der Waals surface area (Å²) in [5.41, 5.74) is 1.57. The molecule has 0 radical (unpaired) electrons. The predicted octanol–water partition coefficient (Wildman–Crippen LogP) is 2.90. The first kappa shape index (κ1) is 11.6. The predicted molar refractivity (Wildman–Crippen MR) is 63.6 cm³/mol. The third-order valence-corrected chi connectivity index (χ3v) is 2.78. The number of hydrogen-bond donors (Lipinski definition) is 0. The highest BCUT2D eigenvalue weighted by atomic mass is 19.1. The van der Waals surface area contributed by atoms with Crippen LogP contribution in [0.5, 0.6) is 0 Å². The summed E-state index contributed by atoms with van der Waals surface area (Å²) in [5, 5.41) is 0. The van der Waals surface area contributed by atoms with Gasteiger partial charge in [-0.25, -0.2) is 9.18 Å². The molecule has 0 fully saturated rings. The number of amides is 1. The third kappa shape index (κ3) is 2.16. The maximum absolute atomic E-state index is 13.1. The standard InChI is InChI=1S/C13H14FNO2/c1-3-6-17-13(16)15-9(2)7-10-8-11(14)4-5-12(10)15/h3-5,8-9H,1,6-7H2,2H3/t9-/m1/s1. The first-order valence-corrected chi connectivity index (χ1v) is 5.49. The van der Waals surface area contributed by atoms with Crippen LogP contribution in [0.25, 0.3) is 0 Å². The number of anilines is 1. The monoisotopic (exact) mass is 235 g/mol. The van der Waals surface area contributed by atoms with Crippen molar-refractivity contribution in [2.75, 3.05) is 11.5 Å². The fourth-order valence-corrected chi connectivity index (χ4v) is 2.08. The Morgan fingerprint density at radius 1 is 1.71 bits per heavy atom. The summed E-state index contributed by atoms with van der Waals surface area (Å²) in [4.78, 5) is 13.4. The van der Waals surface area contributed by atoms with Gasteiger partial charge in [-0.2, -0.15) is 0 Å². The fraction of sp³-hybridized carbons (Fsp3) is 0.308. The van der Waals surface area contributed by atoms with Crippen molar-refractivity contribution in [2.24, 2.45) is 0 Å².